The van der Waals surface area contributed by atoms with Gasteiger partial charge >= 0.3 is 0 Å². The fourth-order valence-electron chi connectivity index (χ4n) is 2.29. The standard InChI is InChI=1S/C14H21NO5S/c1-8-9(5-12(20-8)14(2,3)4)13(17)15-10-6-21(18,19)7-11(10)16/h5,10-11,16H,6-7H2,1-4H3,(H,15,17)/t10-,11-/m1/s1. The van der Waals surface area contributed by atoms with E-state index in [0.717, 1.165) is 0 Å². The lowest BCUT2D eigenvalue weighted by atomic mass is 9.93. The third-order valence-electron chi connectivity index (χ3n) is 3.54. The second-order valence-corrected chi connectivity index (χ2v) is 8.71. The number of hydrogen-bond acceptors (Lipinski definition) is 5. The summed E-state index contributed by atoms with van der Waals surface area (Å²) in [5.74, 6) is 0.198. The minimum Gasteiger partial charge on any atom is -0.465 e. The van der Waals surface area contributed by atoms with Crippen LogP contribution < -0.4 is 5.32 Å². The van der Waals surface area contributed by atoms with Crippen LogP contribution in [0.5, 0.6) is 0 Å². The molecule has 7 heteroatoms. The van der Waals surface area contributed by atoms with E-state index in [2.05, 4.69) is 5.32 Å². The van der Waals surface area contributed by atoms with Gasteiger partial charge < -0.3 is 14.8 Å². The highest BCUT2D eigenvalue weighted by molar-refractivity contribution is 7.91. The van der Waals surface area contributed by atoms with E-state index in [0.29, 0.717) is 17.1 Å². The summed E-state index contributed by atoms with van der Waals surface area (Å²) in [4.78, 5) is 12.2. The van der Waals surface area contributed by atoms with Gasteiger partial charge in [-0.1, -0.05) is 20.8 Å². The number of amides is 1. The smallest absolute Gasteiger partial charge is 0.255 e. The molecular formula is C14H21NO5S. The van der Waals surface area contributed by atoms with Crippen LogP contribution in [0.25, 0.3) is 0 Å². The predicted molar refractivity (Wildman–Crippen MR) is 78.1 cm³/mol. The van der Waals surface area contributed by atoms with Crippen molar-refractivity contribution in [2.75, 3.05) is 11.5 Å². The molecule has 0 radical (unpaired) electrons. The summed E-state index contributed by atoms with van der Waals surface area (Å²) in [7, 11) is -3.29. The van der Waals surface area contributed by atoms with Crippen LogP contribution in [-0.2, 0) is 15.3 Å². The van der Waals surface area contributed by atoms with Gasteiger partial charge in [-0.05, 0) is 13.0 Å². The van der Waals surface area contributed by atoms with Crippen molar-refractivity contribution in [1.82, 2.24) is 5.32 Å². The Balaban J connectivity index is 2.17. The molecule has 0 aromatic carbocycles. The van der Waals surface area contributed by atoms with Crippen LogP contribution in [0.3, 0.4) is 0 Å². The molecule has 1 fully saturated rings. The molecule has 0 bridgehead atoms. The van der Waals surface area contributed by atoms with Gasteiger partial charge in [0.2, 0.25) is 0 Å². The second-order valence-electron chi connectivity index (χ2n) is 6.55. The third-order valence-corrected chi connectivity index (χ3v) is 5.26. The summed E-state index contributed by atoms with van der Waals surface area (Å²) in [6.45, 7) is 7.60. The Hall–Kier alpha value is -1.34. The molecule has 0 aliphatic carbocycles. The van der Waals surface area contributed by atoms with Crippen molar-refractivity contribution in [3.05, 3.63) is 23.2 Å². The van der Waals surface area contributed by atoms with Crippen molar-refractivity contribution in [3.8, 4) is 0 Å². The summed E-state index contributed by atoms with van der Waals surface area (Å²) >= 11 is 0. The lowest BCUT2D eigenvalue weighted by Gasteiger charge is -2.14. The molecule has 1 aliphatic heterocycles. The van der Waals surface area contributed by atoms with Gasteiger partial charge in [-0.3, -0.25) is 4.79 Å². The first kappa shape index (κ1) is 16.0. The minimum atomic E-state index is -3.29. The number of aryl methyl sites for hydroxylation is 1. The van der Waals surface area contributed by atoms with Gasteiger partial charge in [-0.25, -0.2) is 8.42 Å². The highest BCUT2D eigenvalue weighted by Crippen LogP contribution is 2.27. The van der Waals surface area contributed by atoms with E-state index in [1.54, 1.807) is 13.0 Å². The topological polar surface area (TPSA) is 96.6 Å². The van der Waals surface area contributed by atoms with Crippen LogP contribution in [0.1, 0.15) is 42.6 Å². The average molecular weight is 315 g/mol. The highest BCUT2D eigenvalue weighted by atomic mass is 32.2. The Morgan fingerprint density at radius 2 is 2.00 bits per heavy atom. The highest BCUT2D eigenvalue weighted by Gasteiger charge is 2.38. The number of nitrogens with one attached hydrogen (secondary N) is 1. The van der Waals surface area contributed by atoms with Crippen LogP contribution >= 0.6 is 0 Å². The van der Waals surface area contributed by atoms with E-state index in [1.165, 1.54) is 0 Å². The van der Waals surface area contributed by atoms with Gasteiger partial charge in [0, 0.05) is 5.41 Å². The van der Waals surface area contributed by atoms with Crippen LogP contribution in [0.2, 0.25) is 0 Å². The SMILES string of the molecule is Cc1oc(C(C)(C)C)cc1C(=O)N[C@@H]1CS(=O)(=O)C[C@H]1O. The summed E-state index contributed by atoms with van der Waals surface area (Å²) < 4.78 is 28.5. The van der Waals surface area contributed by atoms with E-state index in [-0.39, 0.29) is 16.9 Å². The average Bonchev–Trinajstić information content (AvgIpc) is 2.79. The number of carbonyl (C=O) groups is 1. The molecule has 21 heavy (non-hydrogen) atoms. The zero-order valence-electron chi connectivity index (χ0n) is 12.6. The summed E-state index contributed by atoms with van der Waals surface area (Å²) in [5, 5.41) is 12.3. The van der Waals surface area contributed by atoms with Crippen molar-refractivity contribution in [2.24, 2.45) is 0 Å². The van der Waals surface area contributed by atoms with E-state index in [4.69, 9.17) is 4.42 Å². The molecule has 0 unspecified atom stereocenters. The number of furan rings is 1. The molecule has 0 saturated carbocycles. The van der Waals surface area contributed by atoms with Crippen LogP contribution in [0.4, 0.5) is 0 Å². The molecule has 1 saturated heterocycles. The summed E-state index contributed by atoms with van der Waals surface area (Å²) in [6, 6.07) is 0.899. The molecule has 1 aromatic heterocycles. The number of rotatable bonds is 2. The maximum absolute atomic E-state index is 12.2. The van der Waals surface area contributed by atoms with E-state index in [9.17, 15) is 18.3 Å². The zero-order chi connectivity index (χ0) is 16.0. The first-order valence-corrected chi connectivity index (χ1v) is 8.62. The van der Waals surface area contributed by atoms with Crippen molar-refractivity contribution in [1.29, 1.82) is 0 Å². The summed E-state index contributed by atoms with van der Waals surface area (Å²) in [6.07, 6.45) is -1.06. The molecule has 2 rings (SSSR count). The number of aliphatic hydroxyl groups excluding tert-OH is 1. The van der Waals surface area contributed by atoms with Crippen molar-refractivity contribution >= 4 is 15.7 Å². The normalized spacial score (nSPS) is 25.0. The number of carbonyl (C=O) groups excluding carboxylic acids is 1. The van der Waals surface area contributed by atoms with Gasteiger partial charge in [0.05, 0.1) is 29.2 Å². The molecule has 2 atom stereocenters. The van der Waals surface area contributed by atoms with E-state index >= 15 is 0 Å². The zero-order valence-corrected chi connectivity index (χ0v) is 13.5. The molecule has 1 amide bonds. The molecule has 118 valence electrons. The lowest BCUT2D eigenvalue weighted by Crippen LogP contribution is -2.42. The Morgan fingerprint density at radius 1 is 1.38 bits per heavy atom. The largest absolute Gasteiger partial charge is 0.465 e. The number of aliphatic hydroxyl groups is 1. The molecule has 2 N–H and O–H groups in total. The molecular weight excluding hydrogens is 294 g/mol. The minimum absolute atomic E-state index is 0.223. The fourth-order valence-corrected chi connectivity index (χ4v) is 4.03. The Labute approximate surface area is 124 Å². The molecule has 1 aliphatic rings. The van der Waals surface area contributed by atoms with Crippen molar-refractivity contribution in [2.45, 2.75) is 45.3 Å². The predicted octanol–water partition coefficient (Wildman–Crippen LogP) is 0.773. The van der Waals surface area contributed by atoms with Gasteiger partial charge in [-0.2, -0.15) is 0 Å². The molecule has 1 aromatic rings. The first-order valence-electron chi connectivity index (χ1n) is 6.80. The van der Waals surface area contributed by atoms with E-state index in [1.807, 2.05) is 20.8 Å². The monoisotopic (exact) mass is 315 g/mol. The Kier molecular flexibility index (Phi) is 3.92. The molecule has 6 nitrogen and oxygen atoms in total. The van der Waals surface area contributed by atoms with Gasteiger partial charge in [0.15, 0.2) is 9.84 Å². The quantitative estimate of drug-likeness (QED) is 0.840. The fraction of sp³-hybridized carbons (Fsp3) is 0.643. The Bertz CT molecular complexity index is 653. The van der Waals surface area contributed by atoms with Crippen LogP contribution in [0.15, 0.2) is 10.5 Å². The van der Waals surface area contributed by atoms with Gasteiger partial charge in [-0.15, -0.1) is 0 Å². The number of sulfone groups is 1. The lowest BCUT2D eigenvalue weighted by molar-refractivity contribution is 0.0887. The van der Waals surface area contributed by atoms with Crippen molar-refractivity contribution in [3.63, 3.8) is 0 Å². The summed E-state index contributed by atoms with van der Waals surface area (Å²) in [5.41, 5.74) is 0.149. The number of hydrogen-bond donors (Lipinski definition) is 2. The van der Waals surface area contributed by atoms with Gasteiger partial charge in [0.25, 0.3) is 5.91 Å². The third kappa shape index (κ3) is 3.47. The van der Waals surface area contributed by atoms with Crippen molar-refractivity contribution < 1.29 is 22.7 Å². The Morgan fingerprint density at radius 3 is 2.43 bits per heavy atom. The molecule has 2 heterocycles. The second kappa shape index (κ2) is 5.14. The first-order chi connectivity index (χ1) is 9.49. The van der Waals surface area contributed by atoms with E-state index < -0.39 is 27.9 Å². The maximum atomic E-state index is 12.2. The van der Waals surface area contributed by atoms with Crippen LogP contribution in [0, 0.1) is 6.92 Å². The van der Waals surface area contributed by atoms with Gasteiger partial charge in [0.1, 0.15) is 11.5 Å². The molecule has 0 spiro atoms. The maximum Gasteiger partial charge on any atom is 0.255 e. The van der Waals surface area contributed by atoms with Crippen LogP contribution in [-0.4, -0.2) is 43.1 Å².